The van der Waals surface area contributed by atoms with Gasteiger partial charge in [-0.25, -0.2) is 4.79 Å². The molecule has 0 bridgehead atoms. The van der Waals surface area contributed by atoms with E-state index in [9.17, 15) is 22.9 Å². The standard InChI is InChI=1S/C43H46F3NO8/c1-30(28-48)42(49)54-27-26-53-38-19-15-35(16-20-38)39-21-22-41(40(31(39)2)8-6-4-5-7-23-43(44,45)46)36-11-9-33(10-12-36)34-13-17-37(18-14-34)52-25-24-51-29-55-32(3)47-50/h9-22,48H,1,3-8,23-29H2,2H3. The van der Waals surface area contributed by atoms with E-state index >= 15 is 0 Å². The van der Waals surface area contributed by atoms with Crippen LogP contribution in [-0.4, -0.2) is 57.1 Å². The van der Waals surface area contributed by atoms with Crippen LogP contribution in [0.3, 0.4) is 0 Å². The van der Waals surface area contributed by atoms with Gasteiger partial charge in [0.2, 0.25) is 5.88 Å². The van der Waals surface area contributed by atoms with Crippen LogP contribution in [0.25, 0.3) is 33.4 Å². The number of rotatable bonds is 23. The summed E-state index contributed by atoms with van der Waals surface area (Å²) in [6, 6.07) is 27.8. The molecule has 0 amide bonds. The van der Waals surface area contributed by atoms with Gasteiger partial charge in [0.25, 0.3) is 0 Å². The smallest absolute Gasteiger partial charge is 0.389 e. The lowest BCUT2D eigenvalue weighted by atomic mass is 9.87. The van der Waals surface area contributed by atoms with Crippen LogP contribution >= 0.6 is 0 Å². The van der Waals surface area contributed by atoms with Gasteiger partial charge in [-0.1, -0.05) is 80.1 Å². The quantitative estimate of drug-likeness (QED) is 0.0199. The number of hydrogen-bond donors (Lipinski definition) is 1. The second kappa shape index (κ2) is 21.4. The van der Waals surface area contributed by atoms with Crippen LogP contribution in [0.5, 0.6) is 11.5 Å². The molecule has 0 radical (unpaired) electrons. The maximum Gasteiger partial charge on any atom is 0.389 e. The first-order valence-electron chi connectivity index (χ1n) is 17.9. The van der Waals surface area contributed by atoms with Gasteiger partial charge in [-0.05, 0) is 102 Å². The van der Waals surface area contributed by atoms with Crippen molar-refractivity contribution in [3.05, 3.63) is 126 Å². The Balaban J connectivity index is 1.44. The Labute approximate surface area is 319 Å². The number of unbranched alkanes of at least 4 members (excludes halogenated alkanes) is 3. The maximum atomic E-state index is 12.7. The predicted molar refractivity (Wildman–Crippen MR) is 205 cm³/mol. The molecule has 0 fully saturated rings. The number of carbonyl (C=O) groups excluding carboxylic acids is 1. The van der Waals surface area contributed by atoms with Gasteiger partial charge in [-0.15, -0.1) is 4.91 Å². The Hall–Kier alpha value is -5.46. The molecule has 0 unspecified atom stereocenters. The molecule has 0 aliphatic rings. The van der Waals surface area contributed by atoms with Gasteiger partial charge in [0, 0.05) is 11.6 Å². The lowest BCUT2D eigenvalue weighted by molar-refractivity contribution is -0.140. The molecule has 0 atom stereocenters. The zero-order valence-corrected chi connectivity index (χ0v) is 30.9. The van der Waals surface area contributed by atoms with Gasteiger partial charge in [0.1, 0.15) is 31.3 Å². The van der Waals surface area contributed by atoms with Crippen LogP contribution in [0.4, 0.5) is 13.2 Å². The minimum atomic E-state index is -4.14. The highest BCUT2D eigenvalue weighted by Gasteiger charge is 2.25. The fourth-order valence-corrected chi connectivity index (χ4v) is 5.83. The Bertz CT molecular complexity index is 1860. The number of esters is 1. The third-order valence-electron chi connectivity index (χ3n) is 8.76. The minimum Gasteiger partial charge on any atom is -0.491 e. The first-order chi connectivity index (χ1) is 26.5. The summed E-state index contributed by atoms with van der Waals surface area (Å²) in [7, 11) is 0. The summed E-state index contributed by atoms with van der Waals surface area (Å²) in [5.41, 5.74) is 8.39. The van der Waals surface area contributed by atoms with Crippen molar-refractivity contribution >= 4 is 5.97 Å². The van der Waals surface area contributed by atoms with E-state index in [0.717, 1.165) is 57.3 Å². The van der Waals surface area contributed by atoms with Crippen LogP contribution in [0.2, 0.25) is 0 Å². The second-order valence-corrected chi connectivity index (χ2v) is 12.7. The maximum absolute atomic E-state index is 12.7. The van der Waals surface area contributed by atoms with Crippen LogP contribution in [0.15, 0.2) is 115 Å². The number of hydrogen-bond acceptors (Lipinski definition) is 9. The lowest BCUT2D eigenvalue weighted by Crippen LogP contribution is -2.14. The number of ether oxygens (including phenoxy) is 5. The van der Waals surface area contributed by atoms with E-state index < -0.39 is 25.2 Å². The van der Waals surface area contributed by atoms with Crippen molar-refractivity contribution in [1.29, 1.82) is 0 Å². The highest BCUT2D eigenvalue weighted by Crippen LogP contribution is 2.36. The Morgan fingerprint density at radius 2 is 1.22 bits per heavy atom. The summed E-state index contributed by atoms with van der Waals surface area (Å²) in [6.07, 6.45) is -2.07. The van der Waals surface area contributed by atoms with Crippen molar-refractivity contribution in [2.24, 2.45) is 5.18 Å². The van der Waals surface area contributed by atoms with Crippen LogP contribution < -0.4 is 9.47 Å². The fraction of sp³-hybridized carbons (Fsp3) is 0.326. The summed E-state index contributed by atoms with van der Waals surface area (Å²) in [5, 5.41) is 11.5. The van der Waals surface area contributed by atoms with Crippen LogP contribution in [-0.2, 0) is 25.4 Å². The van der Waals surface area contributed by atoms with Crippen molar-refractivity contribution in [3.8, 4) is 44.9 Å². The minimum absolute atomic E-state index is 0.0114. The number of benzene rings is 4. The third kappa shape index (κ3) is 13.7. The summed E-state index contributed by atoms with van der Waals surface area (Å²) in [5.74, 6) is 0.362. The summed E-state index contributed by atoms with van der Waals surface area (Å²) < 4.78 is 64.6. The predicted octanol–water partition coefficient (Wildman–Crippen LogP) is 10.1. The highest BCUT2D eigenvalue weighted by atomic mass is 19.4. The zero-order chi connectivity index (χ0) is 39.6. The van der Waals surface area contributed by atoms with Crippen molar-refractivity contribution in [3.63, 3.8) is 0 Å². The molecule has 0 spiro atoms. The van der Waals surface area contributed by atoms with Crippen molar-refractivity contribution < 1.29 is 46.8 Å². The highest BCUT2D eigenvalue weighted by molar-refractivity contribution is 5.87. The SMILES string of the molecule is C=C(N=O)OCOCCOc1ccc(-c2ccc(-c3ccc(-c4ccc(OCCOC(=O)C(=C)CO)cc4)c(C)c3CCCCCCC(F)(F)F)cc2)cc1. The molecule has 0 heterocycles. The number of aliphatic hydroxyl groups excluding tert-OH is 1. The van der Waals surface area contributed by atoms with Gasteiger partial charge in [-0.2, -0.15) is 13.2 Å². The van der Waals surface area contributed by atoms with Gasteiger partial charge < -0.3 is 28.8 Å². The van der Waals surface area contributed by atoms with Crippen LogP contribution in [0.1, 0.15) is 43.2 Å². The van der Waals surface area contributed by atoms with Gasteiger partial charge >= 0.3 is 12.1 Å². The molecular weight excluding hydrogens is 715 g/mol. The summed E-state index contributed by atoms with van der Waals surface area (Å²) in [4.78, 5) is 21.9. The number of alkyl halides is 3. The fourth-order valence-electron chi connectivity index (χ4n) is 5.83. The monoisotopic (exact) mass is 761 g/mol. The second-order valence-electron chi connectivity index (χ2n) is 12.7. The zero-order valence-electron chi connectivity index (χ0n) is 30.9. The van der Waals surface area contributed by atoms with E-state index in [4.69, 9.17) is 28.8 Å². The third-order valence-corrected chi connectivity index (χ3v) is 8.76. The molecule has 0 aromatic heterocycles. The molecule has 4 aromatic rings. The molecule has 4 rings (SSSR count). The van der Waals surface area contributed by atoms with E-state index in [1.807, 2.05) is 48.5 Å². The number of nitroso groups, excluding NO2 is 1. The van der Waals surface area contributed by atoms with E-state index in [1.54, 1.807) is 0 Å². The van der Waals surface area contributed by atoms with E-state index in [-0.39, 0.29) is 51.1 Å². The van der Waals surface area contributed by atoms with Crippen molar-refractivity contribution in [1.82, 2.24) is 0 Å². The lowest BCUT2D eigenvalue weighted by Gasteiger charge is -2.18. The molecule has 1 N–H and O–H groups in total. The Morgan fingerprint density at radius 1 is 0.691 bits per heavy atom. The average Bonchev–Trinajstić information content (AvgIpc) is 3.19. The van der Waals surface area contributed by atoms with Gasteiger partial charge in [0.15, 0.2) is 6.79 Å². The number of halogens is 3. The van der Waals surface area contributed by atoms with Crippen molar-refractivity contribution in [2.75, 3.05) is 39.8 Å². The molecule has 0 saturated heterocycles. The number of aliphatic hydroxyl groups is 1. The molecular formula is C43H46F3NO8. The molecule has 292 valence electrons. The first-order valence-corrected chi connectivity index (χ1v) is 17.9. The number of nitrogens with zero attached hydrogens (tertiary/aromatic N) is 1. The Kier molecular flexibility index (Phi) is 16.5. The van der Waals surface area contributed by atoms with Crippen molar-refractivity contribution in [2.45, 2.75) is 51.6 Å². The topological polar surface area (TPSA) is 113 Å². The molecule has 4 aromatic carbocycles. The molecule has 12 heteroatoms. The Morgan fingerprint density at radius 3 is 1.82 bits per heavy atom. The molecule has 9 nitrogen and oxygen atoms in total. The molecule has 0 aliphatic heterocycles. The number of carbonyl (C=O) groups is 1. The average molecular weight is 762 g/mol. The van der Waals surface area contributed by atoms with E-state index in [1.165, 1.54) is 0 Å². The summed E-state index contributed by atoms with van der Waals surface area (Å²) in [6.45, 7) is 8.89. The molecule has 0 saturated carbocycles. The molecule has 0 aliphatic carbocycles. The normalized spacial score (nSPS) is 11.1. The van der Waals surface area contributed by atoms with Gasteiger partial charge in [0.05, 0.1) is 18.8 Å². The molecule has 55 heavy (non-hydrogen) atoms. The first kappa shape index (κ1) is 42.3. The van der Waals surface area contributed by atoms with Gasteiger partial charge in [-0.3, -0.25) is 0 Å². The van der Waals surface area contributed by atoms with Crippen LogP contribution in [0, 0.1) is 11.8 Å². The summed E-state index contributed by atoms with van der Waals surface area (Å²) >= 11 is 0. The largest absolute Gasteiger partial charge is 0.491 e. The van der Waals surface area contributed by atoms with E-state index in [2.05, 4.69) is 61.7 Å². The van der Waals surface area contributed by atoms with E-state index in [0.29, 0.717) is 24.3 Å².